The van der Waals surface area contributed by atoms with E-state index < -0.39 is 37.5 Å². The molecular formula is C19H17N3O6S2. The van der Waals surface area contributed by atoms with Crippen molar-refractivity contribution in [3.8, 4) is 0 Å². The lowest BCUT2D eigenvalue weighted by molar-refractivity contribution is -0.120. The Morgan fingerprint density at radius 3 is 2.50 bits per heavy atom. The number of hydrogen-bond donors (Lipinski definition) is 2. The van der Waals surface area contributed by atoms with E-state index in [1.807, 2.05) is 0 Å². The van der Waals surface area contributed by atoms with Gasteiger partial charge in [-0.2, -0.15) is 0 Å². The fraction of sp³-hybridized carbons (Fsp3) is 0.158. The van der Waals surface area contributed by atoms with Crippen LogP contribution in [0.4, 0.5) is 17.1 Å². The minimum Gasteiger partial charge on any atom is -0.356 e. The summed E-state index contributed by atoms with van der Waals surface area (Å²) in [6.45, 7) is 0. The van der Waals surface area contributed by atoms with Crippen molar-refractivity contribution >= 4 is 48.6 Å². The Morgan fingerprint density at radius 1 is 1.10 bits per heavy atom. The highest BCUT2D eigenvalue weighted by Gasteiger charge is 2.42. The summed E-state index contributed by atoms with van der Waals surface area (Å²) in [4.78, 5) is 27.1. The lowest BCUT2D eigenvalue weighted by atomic mass is 9.88. The SMILES string of the molecule is CN1C(=O)C(C2=CS(=O)(=O)c3cc(NS(C)(=O)=O)ccc3N2)C(=O)c2ccccc21. The zero-order valence-corrected chi connectivity index (χ0v) is 17.5. The van der Waals surface area contributed by atoms with E-state index in [0.717, 1.165) is 11.7 Å². The molecule has 0 spiro atoms. The number of benzene rings is 2. The van der Waals surface area contributed by atoms with E-state index in [-0.39, 0.29) is 22.0 Å². The molecule has 11 heteroatoms. The smallest absolute Gasteiger partial charge is 0.243 e. The topological polar surface area (TPSA) is 130 Å². The number of hydrogen-bond acceptors (Lipinski definition) is 7. The van der Waals surface area contributed by atoms with Gasteiger partial charge >= 0.3 is 0 Å². The van der Waals surface area contributed by atoms with Gasteiger partial charge < -0.3 is 10.2 Å². The van der Waals surface area contributed by atoms with E-state index in [4.69, 9.17) is 0 Å². The van der Waals surface area contributed by atoms with Gasteiger partial charge in [0.05, 0.1) is 27.9 Å². The molecule has 0 aliphatic carbocycles. The van der Waals surface area contributed by atoms with Gasteiger partial charge in [-0.25, -0.2) is 16.8 Å². The summed E-state index contributed by atoms with van der Waals surface area (Å²) < 4.78 is 50.8. The van der Waals surface area contributed by atoms with E-state index in [0.29, 0.717) is 11.3 Å². The normalized spacial score (nSPS) is 20.0. The fourth-order valence-electron chi connectivity index (χ4n) is 3.52. The third-order valence-electron chi connectivity index (χ3n) is 4.83. The number of fused-ring (bicyclic) bond motifs is 2. The monoisotopic (exact) mass is 447 g/mol. The van der Waals surface area contributed by atoms with Gasteiger partial charge in [0.2, 0.25) is 25.8 Å². The number of rotatable bonds is 3. The van der Waals surface area contributed by atoms with E-state index in [1.165, 1.54) is 30.1 Å². The summed E-state index contributed by atoms with van der Waals surface area (Å²) in [6, 6.07) is 10.5. The molecule has 0 aromatic heterocycles. The average Bonchev–Trinajstić information content (AvgIpc) is 2.65. The zero-order chi connectivity index (χ0) is 21.8. The second kappa shape index (κ2) is 6.67. The van der Waals surface area contributed by atoms with Gasteiger partial charge in [-0.15, -0.1) is 0 Å². The summed E-state index contributed by atoms with van der Waals surface area (Å²) in [6.07, 6.45) is 0.950. The van der Waals surface area contributed by atoms with Crippen molar-refractivity contribution in [3.63, 3.8) is 0 Å². The molecule has 1 unspecified atom stereocenters. The Balaban J connectivity index is 1.77. The van der Waals surface area contributed by atoms with Crippen LogP contribution in [0.2, 0.25) is 0 Å². The predicted molar refractivity (Wildman–Crippen MR) is 111 cm³/mol. The third-order valence-corrected chi connectivity index (χ3v) is 6.96. The van der Waals surface area contributed by atoms with Crippen LogP contribution in [-0.2, 0) is 24.7 Å². The molecule has 2 N–H and O–H groups in total. The van der Waals surface area contributed by atoms with Crippen molar-refractivity contribution in [3.05, 3.63) is 59.1 Å². The van der Waals surface area contributed by atoms with Gasteiger partial charge in [-0.3, -0.25) is 14.3 Å². The lowest BCUT2D eigenvalue weighted by Gasteiger charge is -2.33. The number of nitrogens with zero attached hydrogens (tertiary/aromatic N) is 1. The van der Waals surface area contributed by atoms with Crippen molar-refractivity contribution in [2.75, 3.05) is 28.2 Å². The van der Waals surface area contributed by atoms with E-state index >= 15 is 0 Å². The largest absolute Gasteiger partial charge is 0.356 e. The highest BCUT2D eigenvalue weighted by Crippen LogP contribution is 2.38. The minimum atomic E-state index is -4.04. The molecule has 0 saturated heterocycles. The number of ketones is 1. The van der Waals surface area contributed by atoms with Crippen LogP contribution in [0.3, 0.4) is 0 Å². The Hall–Kier alpha value is -3.18. The summed E-state index contributed by atoms with van der Waals surface area (Å²) in [5.74, 6) is -2.38. The van der Waals surface area contributed by atoms with Crippen LogP contribution < -0.4 is 14.9 Å². The van der Waals surface area contributed by atoms with Crippen LogP contribution in [0, 0.1) is 5.92 Å². The summed E-state index contributed by atoms with van der Waals surface area (Å²) in [5.41, 5.74) is 0.955. The molecule has 0 radical (unpaired) electrons. The number of para-hydroxylation sites is 1. The first-order valence-electron chi connectivity index (χ1n) is 8.74. The minimum absolute atomic E-state index is 0.0531. The maximum Gasteiger partial charge on any atom is 0.243 e. The second-order valence-electron chi connectivity index (χ2n) is 7.04. The van der Waals surface area contributed by atoms with Crippen molar-refractivity contribution in [1.29, 1.82) is 0 Å². The molecule has 1 amide bonds. The first-order valence-corrected chi connectivity index (χ1v) is 12.2. The molecule has 0 saturated carbocycles. The van der Waals surface area contributed by atoms with Crippen LogP contribution in [-0.4, -0.2) is 41.8 Å². The number of sulfone groups is 1. The average molecular weight is 447 g/mol. The molecule has 2 aliphatic rings. The van der Waals surface area contributed by atoms with Crippen molar-refractivity contribution in [1.82, 2.24) is 0 Å². The summed E-state index contributed by atoms with van der Waals surface area (Å²) in [5, 5.41) is 3.71. The van der Waals surface area contributed by atoms with Crippen LogP contribution in [0.15, 0.2) is 58.5 Å². The molecule has 2 aromatic rings. The second-order valence-corrected chi connectivity index (χ2v) is 10.6. The molecule has 1 atom stereocenters. The van der Waals surface area contributed by atoms with Gasteiger partial charge in [-0.1, -0.05) is 12.1 Å². The number of carbonyl (C=O) groups excluding carboxylic acids is 2. The van der Waals surface area contributed by atoms with E-state index in [9.17, 15) is 26.4 Å². The summed E-state index contributed by atoms with van der Waals surface area (Å²) in [7, 11) is -6.11. The Morgan fingerprint density at radius 2 is 1.80 bits per heavy atom. The lowest BCUT2D eigenvalue weighted by Crippen LogP contribution is -2.45. The number of anilines is 3. The molecule has 2 aliphatic heterocycles. The molecule has 2 heterocycles. The quantitative estimate of drug-likeness (QED) is 0.683. The van der Waals surface area contributed by atoms with Crippen molar-refractivity contribution in [2.24, 2.45) is 5.92 Å². The van der Waals surface area contributed by atoms with Gasteiger partial charge in [0.15, 0.2) is 5.78 Å². The highest BCUT2D eigenvalue weighted by atomic mass is 32.2. The van der Waals surface area contributed by atoms with Crippen LogP contribution in [0.25, 0.3) is 0 Å². The molecule has 4 rings (SSSR count). The number of amides is 1. The Kier molecular flexibility index (Phi) is 4.47. The maximum absolute atomic E-state index is 13.0. The van der Waals surface area contributed by atoms with Crippen LogP contribution in [0.5, 0.6) is 0 Å². The van der Waals surface area contributed by atoms with Crippen molar-refractivity contribution in [2.45, 2.75) is 4.90 Å². The number of Topliss-reactive ketones (excluding diaryl/α,β-unsaturated/α-hetero) is 1. The number of carbonyl (C=O) groups is 2. The molecule has 30 heavy (non-hydrogen) atoms. The van der Waals surface area contributed by atoms with Gasteiger partial charge in [0.25, 0.3) is 0 Å². The Bertz CT molecular complexity index is 1350. The standard InChI is InChI=1S/C19H17N3O6S2/c1-22-15-6-4-3-5-12(15)18(23)17(19(22)24)14-10-30(27,28)16-9-11(21-29(2,25)26)7-8-13(16)20-14/h3-10,17,20-21H,1-2H3. The molecule has 9 nitrogen and oxygen atoms in total. The van der Waals surface area contributed by atoms with Gasteiger partial charge in [-0.05, 0) is 30.3 Å². The van der Waals surface area contributed by atoms with Gasteiger partial charge in [0, 0.05) is 24.0 Å². The molecule has 0 bridgehead atoms. The molecule has 2 aromatic carbocycles. The molecule has 156 valence electrons. The molecular weight excluding hydrogens is 430 g/mol. The molecule has 0 fully saturated rings. The highest BCUT2D eigenvalue weighted by molar-refractivity contribution is 7.94. The zero-order valence-electron chi connectivity index (χ0n) is 15.9. The maximum atomic E-state index is 13.0. The van der Waals surface area contributed by atoms with E-state index in [2.05, 4.69) is 10.0 Å². The number of sulfonamides is 1. The van der Waals surface area contributed by atoms with Crippen LogP contribution in [0.1, 0.15) is 10.4 Å². The predicted octanol–water partition coefficient (Wildman–Crippen LogP) is 1.57. The summed E-state index contributed by atoms with van der Waals surface area (Å²) >= 11 is 0. The number of nitrogens with one attached hydrogen (secondary N) is 2. The Labute approximate surface area is 173 Å². The first kappa shape index (κ1) is 20.1. The third kappa shape index (κ3) is 3.35. The fourth-order valence-corrected chi connectivity index (χ4v) is 5.45. The van der Waals surface area contributed by atoms with Gasteiger partial charge in [0.1, 0.15) is 5.92 Å². The van der Waals surface area contributed by atoms with E-state index in [1.54, 1.807) is 24.3 Å². The van der Waals surface area contributed by atoms with Crippen LogP contribution >= 0.6 is 0 Å². The van der Waals surface area contributed by atoms with Crippen molar-refractivity contribution < 1.29 is 26.4 Å². The first-order chi connectivity index (χ1) is 14.0.